The van der Waals surface area contributed by atoms with E-state index in [-0.39, 0.29) is 18.9 Å². The fourth-order valence-corrected chi connectivity index (χ4v) is 7.65. The lowest BCUT2D eigenvalue weighted by molar-refractivity contribution is -0.359. The average molecular weight is 922 g/mol. The van der Waals surface area contributed by atoms with Crippen LogP contribution in [0.2, 0.25) is 0 Å². The monoisotopic (exact) mass is 922 g/mol. The fraction of sp³-hybridized carbons (Fsp3) is 0.745. The summed E-state index contributed by atoms with van der Waals surface area (Å²) < 4.78 is 22.7. The Morgan fingerprint density at radius 3 is 1.60 bits per heavy atom. The Hall–Kier alpha value is -2.57. The van der Waals surface area contributed by atoms with Gasteiger partial charge in [0.25, 0.3) is 0 Å². The van der Waals surface area contributed by atoms with Gasteiger partial charge in [0.1, 0.15) is 48.8 Å². The summed E-state index contributed by atoms with van der Waals surface area (Å²) in [6.45, 7) is 2.66. The number of hydrogen-bond donors (Lipinski definition) is 9. The van der Waals surface area contributed by atoms with Gasteiger partial charge in [-0.3, -0.25) is 4.79 Å². The second-order valence-corrected chi connectivity index (χ2v) is 17.2. The quantitative estimate of drug-likeness (QED) is 0.0258. The van der Waals surface area contributed by atoms with E-state index >= 15 is 0 Å². The molecule has 0 aliphatic carbocycles. The van der Waals surface area contributed by atoms with E-state index in [2.05, 4.69) is 92.1 Å². The molecule has 0 aromatic rings. The summed E-state index contributed by atoms with van der Waals surface area (Å²) >= 11 is 0. The van der Waals surface area contributed by atoms with Crippen molar-refractivity contribution in [2.45, 2.75) is 222 Å². The number of nitrogens with one attached hydrogen (secondary N) is 1. The lowest BCUT2D eigenvalue weighted by atomic mass is 9.97. The molecule has 14 nitrogen and oxygen atoms in total. The molecular weight excluding hydrogens is 835 g/mol. The highest BCUT2D eigenvalue weighted by Gasteiger charge is 2.51. The number of aliphatic hydroxyl groups is 8. The second kappa shape index (κ2) is 37.4. The van der Waals surface area contributed by atoms with Crippen molar-refractivity contribution in [3.63, 3.8) is 0 Å². The van der Waals surface area contributed by atoms with Crippen LogP contribution in [-0.2, 0) is 23.7 Å². The molecule has 0 spiro atoms. The number of carbonyl (C=O) groups is 1. The normalized spacial score (nSPS) is 27.7. The van der Waals surface area contributed by atoms with Crippen LogP contribution < -0.4 is 5.32 Å². The summed E-state index contributed by atoms with van der Waals surface area (Å²) in [5, 5.41) is 86.7. The van der Waals surface area contributed by atoms with Crippen molar-refractivity contribution >= 4 is 5.91 Å². The van der Waals surface area contributed by atoms with E-state index in [4.69, 9.17) is 18.9 Å². The van der Waals surface area contributed by atoms with Crippen molar-refractivity contribution in [1.29, 1.82) is 0 Å². The number of amides is 1. The summed E-state index contributed by atoms with van der Waals surface area (Å²) in [5.74, 6) is -0.255. The van der Waals surface area contributed by atoms with Crippen molar-refractivity contribution in [2.75, 3.05) is 19.8 Å². The summed E-state index contributed by atoms with van der Waals surface area (Å²) in [6, 6.07) is -0.854. The number of unbranched alkanes of at least 4 members (excludes halogenated alkanes) is 11. The predicted octanol–water partition coefficient (Wildman–Crippen LogP) is 6.04. The Bertz CT molecular complexity index is 1370. The van der Waals surface area contributed by atoms with Crippen molar-refractivity contribution in [2.24, 2.45) is 0 Å². The summed E-state index contributed by atoms with van der Waals surface area (Å²) in [5.41, 5.74) is 0. The highest BCUT2D eigenvalue weighted by Crippen LogP contribution is 2.30. The summed E-state index contributed by atoms with van der Waals surface area (Å²) in [4.78, 5) is 13.1. The van der Waals surface area contributed by atoms with Gasteiger partial charge in [0.05, 0.1) is 32.0 Å². The van der Waals surface area contributed by atoms with Crippen LogP contribution >= 0.6 is 0 Å². The molecular formula is C51H87NO13. The maximum absolute atomic E-state index is 13.1. The highest BCUT2D eigenvalue weighted by molar-refractivity contribution is 5.76. The van der Waals surface area contributed by atoms with Gasteiger partial charge in [0.2, 0.25) is 5.91 Å². The number of aliphatic hydroxyl groups excluding tert-OH is 8. The first-order valence-electron chi connectivity index (χ1n) is 24.7. The number of ether oxygens (including phenoxy) is 4. The van der Waals surface area contributed by atoms with Gasteiger partial charge in [0, 0.05) is 6.42 Å². The molecule has 0 radical (unpaired) electrons. The molecule has 2 aliphatic heterocycles. The van der Waals surface area contributed by atoms with Gasteiger partial charge >= 0.3 is 0 Å². The molecule has 65 heavy (non-hydrogen) atoms. The smallest absolute Gasteiger partial charge is 0.220 e. The molecule has 0 saturated carbocycles. The molecule has 2 fully saturated rings. The maximum atomic E-state index is 13.1. The SMILES string of the molecule is CC/C=C\C/C=C\C/C=C\C/C=C\C/C=C\C/C=C\CCCCC(=O)NC(COC1OC(CO)C(OC2OC(CO)C(O)C(O)C2O)C(O)C1O)C(O)CCCCCCCCCCCC. The lowest BCUT2D eigenvalue weighted by Gasteiger charge is -2.46. The third-order valence-electron chi connectivity index (χ3n) is 11.7. The van der Waals surface area contributed by atoms with Crippen LogP contribution in [-0.4, -0.2) is 140 Å². The molecule has 1 amide bonds. The maximum Gasteiger partial charge on any atom is 0.220 e. The minimum atomic E-state index is -1.79. The van der Waals surface area contributed by atoms with Gasteiger partial charge < -0.3 is 65.1 Å². The summed E-state index contributed by atoms with van der Waals surface area (Å²) in [7, 11) is 0. The first-order valence-corrected chi connectivity index (χ1v) is 24.7. The zero-order valence-electron chi connectivity index (χ0n) is 39.4. The van der Waals surface area contributed by atoms with Gasteiger partial charge in [-0.1, -0.05) is 151 Å². The molecule has 374 valence electrons. The van der Waals surface area contributed by atoms with Crippen molar-refractivity contribution < 1.29 is 64.6 Å². The first-order chi connectivity index (χ1) is 31.6. The molecule has 14 heteroatoms. The zero-order valence-corrected chi connectivity index (χ0v) is 39.4. The van der Waals surface area contributed by atoms with Crippen LogP contribution in [0.25, 0.3) is 0 Å². The second-order valence-electron chi connectivity index (χ2n) is 17.2. The molecule has 9 N–H and O–H groups in total. The van der Waals surface area contributed by atoms with E-state index in [0.29, 0.717) is 12.8 Å². The van der Waals surface area contributed by atoms with E-state index in [9.17, 15) is 45.6 Å². The van der Waals surface area contributed by atoms with Crippen LogP contribution in [0.15, 0.2) is 72.9 Å². The van der Waals surface area contributed by atoms with Gasteiger partial charge in [0.15, 0.2) is 12.6 Å². The largest absolute Gasteiger partial charge is 0.394 e. The Morgan fingerprint density at radius 1 is 0.569 bits per heavy atom. The topological polar surface area (TPSA) is 228 Å². The minimum absolute atomic E-state index is 0.245. The highest BCUT2D eigenvalue weighted by atomic mass is 16.7. The molecule has 2 heterocycles. The van der Waals surface area contributed by atoms with Crippen LogP contribution in [0.5, 0.6) is 0 Å². The number of rotatable bonds is 36. The summed E-state index contributed by atoms with van der Waals surface area (Å²) in [6.07, 6.45) is 29.1. The van der Waals surface area contributed by atoms with Crippen molar-refractivity contribution in [3.05, 3.63) is 72.9 Å². The first kappa shape index (κ1) is 58.6. The molecule has 2 aliphatic rings. The molecule has 12 atom stereocenters. The molecule has 0 bridgehead atoms. The van der Waals surface area contributed by atoms with Crippen LogP contribution in [0.3, 0.4) is 0 Å². The van der Waals surface area contributed by atoms with Gasteiger partial charge in [-0.25, -0.2) is 0 Å². The molecule has 0 aromatic heterocycles. The Kier molecular flexibility index (Phi) is 33.7. The standard InChI is InChI=1S/C51H87NO13/c1-3-5-7-9-11-13-15-16-17-18-19-20-21-22-23-24-25-27-29-31-33-35-43(56)52-39(40(55)34-32-30-28-26-14-12-10-8-6-4-2)38-62-50-48(61)46(59)49(42(37-54)64-50)65-51-47(60)45(58)44(57)41(36-53)63-51/h5,7,11,13,16-17,19-20,22-23,25,27,39-42,44-51,53-55,57-61H,3-4,6,8-10,12,14-15,18,21,24,26,28-38H2,1-2H3,(H,52,56)/b7-5-,13-11-,17-16-,20-19-,23-22-,27-25-. The van der Waals surface area contributed by atoms with Crippen molar-refractivity contribution in [1.82, 2.24) is 5.32 Å². The number of allylic oxidation sites excluding steroid dienone is 12. The Labute approximate surface area is 389 Å². The molecule has 2 rings (SSSR count). The van der Waals surface area contributed by atoms with Crippen LogP contribution in [0, 0.1) is 0 Å². The number of carbonyl (C=O) groups excluding carboxylic acids is 1. The third-order valence-corrected chi connectivity index (χ3v) is 11.7. The van der Waals surface area contributed by atoms with Gasteiger partial charge in [-0.2, -0.15) is 0 Å². The Balaban J connectivity index is 1.84. The van der Waals surface area contributed by atoms with Gasteiger partial charge in [-0.15, -0.1) is 0 Å². The van der Waals surface area contributed by atoms with Crippen LogP contribution in [0.4, 0.5) is 0 Å². The zero-order chi connectivity index (χ0) is 47.5. The van der Waals surface area contributed by atoms with E-state index in [1.54, 1.807) is 0 Å². The van der Waals surface area contributed by atoms with E-state index in [1.807, 2.05) is 0 Å². The molecule has 0 aromatic carbocycles. The van der Waals surface area contributed by atoms with E-state index in [0.717, 1.165) is 77.0 Å². The minimum Gasteiger partial charge on any atom is -0.394 e. The van der Waals surface area contributed by atoms with Crippen LogP contribution in [0.1, 0.15) is 149 Å². The Morgan fingerprint density at radius 2 is 1.06 bits per heavy atom. The molecule has 12 unspecified atom stereocenters. The van der Waals surface area contributed by atoms with E-state index in [1.165, 1.54) is 38.5 Å². The van der Waals surface area contributed by atoms with E-state index < -0.39 is 86.8 Å². The lowest BCUT2D eigenvalue weighted by Crippen LogP contribution is -2.65. The average Bonchev–Trinajstić information content (AvgIpc) is 3.30. The number of hydrogen-bond acceptors (Lipinski definition) is 13. The van der Waals surface area contributed by atoms with Crippen molar-refractivity contribution in [3.8, 4) is 0 Å². The fourth-order valence-electron chi connectivity index (χ4n) is 7.65. The van der Waals surface area contributed by atoms with Gasteiger partial charge in [-0.05, 0) is 64.2 Å². The predicted molar refractivity (Wildman–Crippen MR) is 253 cm³/mol. The third kappa shape index (κ3) is 24.9. The molecule has 2 saturated heterocycles.